The first-order valence-electron chi connectivity index (χ1n) is 17.6. The van der Waals surface area contributed by atoms with E-state index in [1.165, 1.54) is 0 Å². The van der Waals surface area contributed by atoms with Crippen molar-refractivity contribution in [2.75, 3.05) is 51.6 Å². The van der Waals surface area contributed by atoms with Crippen LogP contribution in [0.1, 0.15) is 60.8 Å². The smallest absolute Gasteiger partial charge is 0.410 e. The van der Waals surface area contributed by atoms with E-state index in [1.807, 2.05) is 42.3 Å². The Balaban J connectivity index is 1.21. The summed E-state index contributed by atoms with van der Waals surface area (Å²) in [7, 11) is 1.88. The summed E-state index contributed by atoms with van der Waals surface area (Å²) in [5, 5.41) is 23.2. The van der Waals surface area contributed by atoms with Crippen LogP contribution in [-0.4, -0.2) is 125 Å². The molecule has 3 N–H and O–H groups in total. The normalized spacial score (nSPS) is 19.8. The fraction of sp³-hybridized carbons (Fsp3) is 0.568. The minimum Gasteiger partial charge on any atom is -0.507 e. The van der Waals surface area contributed by atoms with E-state index in [1.54, 1.807) is 23.6 Å². The maximum absolute atomic E-state index is 14.0. The van der Waals surface area contributed by atoms with Crippen LogP contribution in [0.25, 0.3) is 0 Å². The summed E-state index contributed by atoms with van der Waals surface area (Å²) in [6.07, 6.45) is 4.22. The number of carbonyl (C=O) groups excluding carboxylic acids is 3. The lowest BCUT2D eigenvalue weighted by molar-refractivity contribution is -0.146. The zero-order valence-corrected chi connectivity index (χ0v) is 29.0. The second-order valence-electron chi connectivity index (χ2n) is 13.7. The first-order chi connectivity index (χ1) is 23.6. The number of hydrogen-bond acceptors (Lipinski definition) is 8. The van der Waals surface area contributed by atoms with Gasteiger partial charge in [0.05, 0.1) is 0 Å². The summed E-state index contributed by atoms with van der Waals surface area (Å²) >= 11 is 0. The van der Waals surface area contributed by atoms with Crippen molar-refractivity contribution >= 4 is 30.1 Å². The van der Waals surface area contributed by atoms with E-state index < -0.39 is 24.2 Å². The van der Waals surface area contributed by atoms with E-state index in [0.29, 0.717) is 82.4 Å². The first-order valence-corrected chi connectivity index (χ1v) is 17.6. The molecular formula is C37H51N5O7. The van der Waals surface area contributed by atoms with Gasteiger partial charge in [-0.2, -0.15) is 0 Å². The van der Waals surface area contributed by atoms with E-state index in [4.69, 9.17) is 4.74 Å². The molecule has 2 aromatic carbocycles. The molecule has 2 atom stereocenters. The van der Waals surface area contributed by atoms with Crippen LogP contribution in [0.15, 0.2) is 36.4 Å². The Kier molecular flexibility index (Phi) is 12.0. The van der Waals surface area contributed by atoms with E-state index in [0.717, 1.165) is 36.2 Å². The molecule has 12 nitrogen and oxygen atoms in total. The van der Waals surface area contributed by atoms with Gasteiger partial charge in [0.25, 0.3) is 5.91 Å². The molecule has 0 spiro atoms. The number of piperidine rings is 2. The quantitative estimate of drug-likeness (QED) is 0.286. The zero-order valence-electron chi connectivity index (χ0n) is 29.0. The number of carboxylic acid groups (broad SMARTS) is 1. The van der Waals surface area contributed by atoms with Crippen molar-refractivity contribution < 1.29 is 34.1 Å². The van der Waals surface area contributed by atoms with Gasteiger partial charge >= 0.3 is 12.1 Å². The molecule has 0 bridgehead atoms. The number of nitrogens with zero attached hydrogens (tertiary/aromatic N) is 4. The maximum Gasteiger partial charge on any atom is 0.410 e. The fourth-order valence-corrected chi connectivity index (χ4v) is 7.80. The molecule has 3 heterocycles. The molecule has 1 unspecified atom stereocenters. The minimum absolute atomic E-state index is 0.00120. The number of hydrogen-bond donors (Lipinski definition) is 3. The van der Waals surface area contributed by atoms with E-state index in [-0.39, 0.29) is 30.2 Å². The van der Waals surface area contributed by atoms with Gasteiger partial charge in [-0.3, -0.25) is 19.3 Å². The van der Waals surface area contributed by atoms with Crippen LogP contribution in [0.4, 0.5) is 10.5 Å². The highest BCUT2D eigenvalue weighted by atomic mass is 16.6. The van der Waals surface area contributed by atoms with Gasteiger partial charge in [0.15, 0.2) is 6.10 Å². The number of phenols is 1. The van der Waals surface area contributed by atoms with Crippen LogP contribution in [0.5, 0.6) is 5.75 Å². The average molecular weight is 678 g/mol. The van der Waals surface area contributed by atoms with E-state index in [9.17, 15) is 29.4 Å². The summed E-state index contributed by atoms with van der Waals surface area (Å²) in [5.74, 6) is -0.860. The fourth-order valence-electron chi connectivity index (χ4n) is 7.80. The third-order valence-corrected chi connectivity index (χ3v) is 10.6. The Morgan fingerprint density at radius 1 is 0.980 bits per heavy atom. The number of rotatable bonds is 12. The van der Waals surface area contributed by atoms with Gasteiger partial charge in [-0.25, -0.2) is 4.79 Å². The molecule has 3 aliphatic heterocycles. The molecule has 3 aliphatic rings. The molecule has 2 aromatic rings. The number of para-hydroxylation sites is 1. The third-order valence-electron chi connectivity index (χ3n) is 10.6. The van der Waals surface area contributed by atoms with Gasteiger partial charge < -0.3 is 35.0 Å². The molecule has 5 rings (SSSR count). The van der Waals surface area contributed by atoms with Crippen LogP contribution < -0.4 is 5.32 Å². The molecular weight excluding hydrogens is 626 g/mol. The number of aryl methyl sites for hydroxylation is 2. The summed E-state index contributed by atoms with van der Waals surface area (Å²) in [6, 6.07) is 11.3. The number of ether oxygens (including phenoxy) is 1. The highest BCUT2D eigenvalue weighted by molar-refractivity contribution is 5.84. The largest absolute Gasteiger partial charge is 0.507 e. The zero-order chi connectivity index (χ0) is 35.1. The Bertz CT molecular complexity index is 1460. The number of likely N-dealkylation sites (tertiary alicyclic amines) is 3. The summed E-state index contributed by atoms with van der Waals surface area (Å²) < 4.78 is 6.00. The van der Waals surface area contributed by atoms with E-state index >= 15 is 0 Å². The molecule has 0 aromatic heterocycles. The van der Waals surface area contributed by atoms with Crippen LogP contribution in [0.3, 0.4) is 0 Å². The van der Waals surface area contributed by atoms with Crippen molar-refractivity contribution in [1.29, 1.82) is 0 Å². The van der Waals surface area contributed by atoms with Crippen LogP contribution >= 0.6 is 0 Å². The Morgan fingerprint density at radius 3 is 2.27 bits per heavy atom. The molecule has 0 aliphatic carbocycles. The van der Waals surface area contributed by atoms with Crippen molar-refractivity contribution in [2.45, 2.75) is 89.4 Å². The number of anilines is 1. The number of amides is 3. The summed E-state index contributed by atoms with van der Waals surface area (Å²) in [5.41, 5.74) is 4.33. The molecule has 266 valence electrons. The monoisotopic (exact) mass is 677 g/mol. The number of aromatic hydroxyl groups is 1. The minimum atomic E-state index is -1.05. The number of carbonyl (C=O) groups is 4. The lowest BCUT2D eigenvalue weighted by Gasteiger charge is -2.39. The van der Waals surface area contributed by atoms with Gasteiger partial charge in [0, 0.05) is 64.0 Å². The number of phenolic OH excluding ortho intramolecular Hbond substituents is 1. The first kappa shape index (κ1) is 36.0. The molecule has 0 radical (unpaired) electrons. The Morgan fingerprint density at radius 2 is 1.63 bits per heavy atom. The molecule has 3 amide bonds. The third kappa shape index (κ3) is 8.65. The number of nitrogens with one attached hydrogen (secondary N) is 1. The van der Waals surface area contributed by atoms with Gasteiger partial charge in [-0.05, 0) is 93.7 Å². The lowest BCUT2D eigenvalue weighted by atomic mass is 9.98. The predicted molar refractivity (Wildman–Crippen MR) is 186 cm³/mol. The topological polar surface area (TPSA) is 143 Å². The second-order valence-corrected chi connectivity index (χ2v) is 13.7. The van der Waals surface area contributed by atoms with Crippen molar-refractivity contribution in [3.63, 3.8) is 0 Å². The Hall–Kier alpha value is -4.32. The van der Waals surface area contributed by atoms with Gasteiger partial charge in [-0.1, -0.05) is 30.3 Å². The SMILES string of the molecule is CNc1ccccc1CCN(C=O)C1CCN(C(=O)O[C@H](Cc2cc(C)c(O)c(C)c2)C(=O)N2CCC(N3CCCC3C(=O)O)CC2)CC1. The van der Waals surface area contributed by atoms with Crippen molar-refractivity contribution in [1.82, 2.24) is 19.6 Å². The highest BCUT2D eigenvalue weighted by Crippen LogP contribution is 2.28. The predicted octanol–water partition coefficient (Wildman–Crippen LogP) is 3.80. The van der Waals surface area contributed by atoms with Crippen LogP contribution in [0, 0.1) is 13.8 Å². The van der Waals surface area contributed by atoms with Gasteiger partial charge in [0.1, 0.15) is 11.8 Å². The van der Waals surface area contributed by atoms with Crippen LogP contribution in [-0.2, 0) is 32.0 Å². The molecule has 0 saturated carbocycles. The molecule has 12 heteroatoms. The summed E-state index contributed by atoms with van der Waals surface area (Å²) in [6.45, 7) is 6.66. The molecule has 3 saturated heterocycles. The summed E-state index contributed by atoms with van der Waals surface area (Å²) in [4.78, 5) is 58.6. The van der Waals surface area contributed by atoms with E-state index in [2.05, 4.69) is 16.3 Å². The Labute approximate surface area is 289 Å². The highest BCUT2D eigenvalue weighted by Gasteiger charge is 2.39. The standard InChI is InChI=1S/C37H51N5O7/c1-25-21-27(22-26(2)34(25)44)23-33(35(45)39-17-13-30(14-18-39)42-15-6-9-32(42)36(46)47)49-37(48)40-19-11-29(12-20-40)41(24-43)16-10-28-7-4-5-8-31(28)38-3/h4-5,7-8,21-22,24,29-30,32-33,38,44H,6,9-20,23H2,1-3H3,(H,46,47)/t32?,33-/m1/s1. The van der Waals surface area contributed by atoms with Crippen molar-refractivity contribution in [3.8, 4) is 5.75 Å². The van der Waals surface area contributed by atoms with Crippen molar-refractivity contribution in [2.24, 2.45) is 0 Å². The number of benzene rings is 2. The average Bonchev–Trinajstić information content (AvgIpc) is 3.61. The number of aliphatic carboxylic acids is 1. The molecule has 3 fully saturated rings. The molecule has 49 heavy (non-hydrogen) atoms. The van der Waals surface area contributed by atoms with Gasteiger partial charge in [0.2, 0.25) is 6.41 Å². The lowest BCUT2D eigenvalue weighted by Crippen LogP contribution is -2.53. The maximum atomic E-state index is 14.0. The van der Waals surface area contributed by atoms with Gasteiger partial charge in [-0.15, -0.1) is 0 Å². The second kappa shape index (κ2) is 16.4. The van der Waals surface area contributed by atoms with Crippen molar-refractivity contribution in [3.05, 3.63) is 58.7 Å². The number of carboxylic acids is 1. The van der Waals surface area contributed by atoms with Crippen LogP contribution in [0.2, 0.25) is 0 Å².